The van der Waals surface area contributed by atoms with Gasteiger partial charge in [-0.15, -0.1) is 0 Å². The van der Waals surface area contributed by atoms with Gasteiger partial charge in [-0.3, -0.25) is 4.79 Å². The van der Waals surface area contributed by atoms with Crippen molar-refractivity contribution in [2.24, 2.45) is 5.92 Å². The molecule has 1 aromatic carbocycles. The Balaban J connectivity index is 1.92. The van der Waals surface area contributed by atoms with Crippen LogP contribution in [0, 0.1) is 5.92 Å². The van der Waals surface area contributed by atoms with Crippen LogP contribution in [-0.4, -0.2) is 26.3 Å². The topological polar surface area (TPSA) is 44.8 Å². The average Bonchev–Trinajstić information content (AvgIpc) is 2.40. The Morgan fingerprint density at radius 2 is 1.76 bits per heavy atom. The molecule has 1 aromatic rings. The van der Waals surface area contributed by atoms with E-state index >= 15 is 0 Å². The molecule has 0 saturated carbocycles. The molecule has 1 aliphatic rings. The highest BCUT2D eigenvalue weighted by Crippen LogP contribution is 2.21. The Labute approximate surface area is 100 Å². The molecule has 1 heterocycles. The number of carbonyl (C=O) groups excluding carboxylic acids is 1. The molecule has 0 amide bonds. The Morgan fingerprint density at radius 1 is 1.18 bits per heavy atom. The lowest BCUT2D eigenvalue weighted by Gasteiger charge is -2.20. The van der Waals surface area contributed by atoms with E-state index in [0.717, 1.165) is 18.6 Å². The van der Waals surface area contributed by atoms with Crippen LogP contribution in [0.3, 0.4) is 0 Å². The Morgan fingerprint density at radius 3 is 2.35 bits per heavy atom. The van der Waals surface area contributed by atoms with Crippen molar-refractivity contribution >= 4 is 5.97 Å². The standard InChI is InChI=1S/C13H16O4/c1-15-11-2-4-12(5-3-11)17-13(14)10-6-8-16-9-7-10/h2-5,10H,6-9H2,1H3. The van der Waals surface area contributed by atoms with Crippen LogP contribution >= 0.6 is 0 Å². The average molecular weight is 236 g/mol. The highest BCUT2D eigenvalue weighted by Gasteiger charge is 2.23. The first-order chi connectivity index (χ1) is 8.29. The third kappa shape index (κ3) is 3.20. The molecule has 1 fully saturated rings. The van der Waals surface area contributed by atoms with Gasteiger partial charge in [-0.25, -0.2) is 0 Å². The lowest BCUT2D eigenvalue weighted by molar-refractivity contribution is -0.141. The van der Waals surface area contributed by atoms with Gasteiger partial charge in [0, 0.05) is 13.2 Å². The Hall–Kier alpha value is -1.55. The molecule has 1 saturated heterocycles. The van der Waals surface area contributed by atoms with Crippen molar-refractivity contribution in [1.82, 2.24) is 0 Å². The molecule has 92 valence electrons. The summed E-state index contributed by atoms with van der Waals surface area (Å²) in [6.07, 6.45) is 1.49. The second kappa shape index (κ2) is 5.68. The van der Waals surface area contributed by atoms with Crippen LogP contribution < -0.4 is 9.47 Å². The molecule has 0 atom stereocenters. The summed E-state index contributed by atoms with van der Waals surface area (Å²) in [6.45, 7) is 1.28. The van der Waals surface area contributed by atoms with Gasteiger partial charge in [0.1, 0.15) is 11.5 Å². The van der Waals surface area contributed by atoms with Crippen molar-refractivity contribution in [1.29, 1.82) is 0 Å². The van der Waals surface area contributed by atoms with E-state index in [1.807, 2.05) is 0 Å². The van der Waals surface area contributed by atoms with E-state index in [1.54, 1.807) is 31.4 Å². The van der Waals surface area contributed by atoms with Crippen molar-refractivity contribution in [2.75, 3.05) is 20.3 Å². The molecule has 4 heteroatoms. The van der Waals surface area contributed by atoms with Crippen molar-refractivity contribution in [3.05, 3.63) is 24.3 Å². The van der Waals surface area contributed by atoms with Crippen molar-refractivity contribution in [3.63, 3.8) is 0 Å². The molecular formula is C13H16O4. The first kappa shape index (κ1) is 11.9. The Kier molecular flexibility index (Phi) is 3.98. The third-order valence-corrected chi connectivity index (χ3v) is 2.83. The zero-order valence-corrected chi connectivity index (χ0v) is 9.85. The van der Waals surface area contributed by atoms with Crippen molar-refractivity contribution in [2.45, 2.75) is 12.8 Å². The summed E-state index contributed by atoms with van der Waals surface area (Å²) in [5.74, 6) is 1.10. The zero-order chi connectivity index (χ0) is 12.1. The van der Waals surface area contributed by atoms with Crippen LogP contribution in [-0.2, 0) is 9.53 Å². The maximum Gasteiger partial charge on any atom is 0.314 e. The summed E-state index contributed by atoms with van der Waals surface area (Å²) in [6, 6.07) is 7.01. The molecule has 0 aliphatic carbocycles. The zero-order valence-electron chi connectivity index (χ0n) is 9.85. The van der Waals surface area contributed by atoms with E-state index in [-0.39, 0.29) is 11.9 Å². The second-order valence-corrected chi connectivity index (χ2v) is 3.98. The minimum Gasteiger partial charge on any atom is -0.497 e. The van der Waals surface area contributed by atoms with E-state index in [2.05, 4.69) is 0 Å². The fraction of sp³-hybridized carbons (Fsp3) is 0.462. The van der Waals surface area contributed by atoms with Crippen LogP contribution in [0.25, 0.3) is 0 Å². The van der Waals surface area contributed by atoms with Gasteiger partial charge < -0.3 is 14.2 Å². The van der Waals surface area contributed by atoms with Crippen LogP contribution in [0.2, 0.25) is 0 Å². The molecule has 4 nitrogen and oxygen atoms in total. The number of hydrogen-bond donors (Lipinski definition) is 0. The predicted octanol–water partition coefficient (Wildman–Crippen LogP) is 2.03. The first-order valence-electron chi connectivity index (χ1n) is 5.73. The quantitative estimate of drug-likeness (QED) is 0.595. The Bertz CT molecular complexity index is 366. The van der Waals surface area contributed by atoms with E-state index in [4.69, 9.17) is 14.2 Å². The first-order valence-corrected chi connectivity index (χ1v) is 5.73. The maximum atomic E-state index is 11.8. The van der Waals surface area contributed by atoms with Gasteiger partial charge in [-0.05, 0) is 37.1 Å². The normalized spacial score (nSPS) is 16.5. The highest BCUT2D eigenvalue weighted by molar-refractivity contribution is 5.75. The molecule has 0 radical (unpaired) electrons. The predicted molar refractivity (Wildman–Crippen MR) is 62.2 cm³/mol. The van der Waals surface area contributed by atoms with Crippen molar-refractivity contribution < 1.29 is 19.0 Å². The summed E-state index contributed by atoms with van der Waals surface area (Å²) in [7, 11) is 1.60. The van der Waals surface area contributed by atoms with Gasteiger partial charge in [0.15, 0.2) is 0 Å². The smallest absolute Gasteiger partial charge is 0.314 e. The van der Waals surface area contributed by atoms with Crippen LogP contribution in [0.4, 0.5) is 0 Å². The summed E-state index contributed by atoms with van der Waals surface area (Å²) >= 11 is 0. The van der Waals surface area contributed by atoms with Gasteiger partial charge in [-0.1, -0.05) is 0 Å². The summed E-state index contributed by atoms with van der Waals surface area (Å²) < 4.78 is 15.5. The van der Waals surface area contributed by atoms with E-state index in [0.29, 0.717) is 19.0 Å². The van der Waals surface area contributed by atoms with Gasteiger partial charge in [-0.2, -0.15) is 0 Å². The van der Waals surface area contributed by atoms with E-state index < -0.39 is 0 Å². The summed E-state index contributed by atoms with van der Waals surface area (Å²) in [5.41, 5.74) is 0. The number of ether oxygens (including phenoxy) is 3. The molecule has 2 rings (SSSR count). The molecule has 0 spiro atoms. The molecule has 17 heavy (non-hydrogen) atoms. The number of benzene rings is 1. The molecule has 0 bridgehead atoms. The van der Waals surface area contributed by atoms with Crippen LogP contribution in [0.5, 0.6) is 11.5 Å². The number of hydrogen-bond acceptors (Lipinski definition) is 4. The van der Waals surface area contributed by atoms with E-state index in [1.165, 1.54) is 0 Å². The van der Waals surface area contributed by atoms with Gasteiger partial charge in [0.2, 0.25) is 0 Å². The number of esters is 1. The molecular weight excluding hydrogens is 220 g/mol. The minimum atomic E-state index is -0.168. The number of carbonyl (C=O) groups is 1. The lowest BCUT2D eigenvalue weighted by atomic mass is 10.0. The van der Waals surface area contributed by atoms with Gasteiger partial charge in [0.25, 0.3) is 0 Å². The molecule has 0 unspecified atom stereocenters. The van der Waals surface area contributed by atoms with Gasteiger partial charge in [0.05, 0.1) is 13.0 Å². The minimum absolute atomic E-state index is 0.0362. The molecule has 0 aromatic heterocycles. The number of rotatable bonds is 3. The van der Waals surface area contributed by atoms with E-state index in [9.17, 15) is 4.79 Å². The highest BCUT2D eigenvalue weighted by atomic mass is 16.5. The summed E-state index contributed by atoms with van der Waals surface area (Å²) in [4.78, 5) is 11.8. The summed E-state index contributed by atoms with van der Waals surface area (Å²) in [5, 5.41) is 0. The second-order valence-electron chi connectivity index (χ2n) is 3.98. The molecule has 0 N–H and O–H groups in total. The maximum absolute atomic E-state index is 11.8. The van der Waals surface area contributed by atoms with Crippen LogP contribution in [0.1, 0.15) is 12.8 Å². The fourth-order valence-electron chi connectivity index (χ4n) is 1.78. The van der Waals surface area contributed by atoms with Crippen LogP contribution in [0.15, 0.2) is 24.3 Å². The largest absolute Gasteiger partial charge is 0.497 e. The SMILES string of the molecule is COc1ccc(OC(=O)C2CCOCC2)cc1. The fourth-order valence-corrected chi connectivity index (χ4v) is 1.78. The van der Waals surface area contributed by atoms with Gasteiger partial charge >= 0.3 is 5.97 Å². The molecule has 1 aliphatic heterocycles. The number of methoxy groups -OCH3 is 1. The third-order valence-electron chi connectivity index (χ3n) is 2.83. The van der Waals surface area contributed by atoms with Crippen molar-refractivity contribution in [3.8, 4) is 11.5 Å². The monoisotopic (exact) mass is 236 g/mol. The lowest BCUT2D eigenvalue weighted by Crippen LogP contribution is -2.27.